The van der Waals surface area contributed by atoms with Crippen molar-refractivity contribution in [3.8, 4) is 17.0 Å². The molecule has 0 saturated carbocycles. The summed E-state index contributed by atoms with van der Waals surface area (Å²) in [6.45, 7) is 3.39. The van der Waals surface area contributed by atoms with Crippen molar-refractivity contribution in [3.63, 3.8) is 0 Å². The summed E-state index contributed by atoms with van der Waals surface area (Å²) in [5.41, 5.74) is 1.86. The first-order valence-electron chi connectivity index (χ1n) is 7.66. The van der Waals surface area contributed by atoms with Crippen molar-refractivity contribution in [1.29, 1.82) is 0 Å². The van der Waals surface area contributed by atoms with Crippen LogP contribution in [-0.2, 0) is 0 Å². The first-order valence-corrected chi connectivity index (χ1v) is 9.35. The van der Waals surface area contributed by atoms with Crippen LogP contribution in [0.5, 0.6) is 5.75 Å². The molecule has 0 radical (unpaired) electrons. The Balaban J connectivity index is 1.57. The van der Waals surface area contributed by atoms with Gasteiger partial charge in [-0.05, 0) is 19.2 Å². The Morgan fingerprint density at radius 3 is 2.88 bits per heavy atom. The summed E-state index contributed by atoms with van der Waals surface area (Å²) in [7, 11) is 3.72. The van der Waals surface area contributed by atoms with Crippen molar-refractivity contribution in [2.24, 2.45) is 0 Å². The summed E-state index contributed by atoms with van der Waals surface area (Å²) < 4.78 is 8.30. The number of aromatic nitrogens is 1. The van der Waals surface area contributed by atoms with Crippen LogP contribution in [-0.4, -0.2) is 60.4 Å². The molecule has 24 heavy (non-hydrogen) atoms. The molecule has 1 aromatic carbocycles. The molecule has 1 aliphatic heterocycles. The van der Waals surface area contributed by atoms with Gasteiger partial charge in [-0.25, -0.2) is 4.98 Å². The van der Waals surface area contributed by atoms with Crippen LogP contribution in [0.25, 0.3) is 11.3 Å². The zero-order valence-corrected chi connectivity index (χ0v) is 15.3. The maximum absolute atomic E-state index is 12.2. The number of amides is 1. The van der Waals surface area contributed by atoms with Crippen molar-refractivity contribution in [2.45, 2.75) is 0 Å². The number of anilines is 1. The van der Waals surface area contributed by atoms with Gasteiger partial charge in [0.1, 0.15) is 5.75 Å². The van der Waals surface area contributed by atoms with Gasteiger partial charge in [0.2, 0.25) is 0 Å². The molecule has 2 aromatic rings. The van der Waals surface area contributed by atoms with Gasteiger partial charge in [0.05, 0.1) is 12.8 Å². The standard InChI is InChI=1S/C16H20N4O2S2/c1-19-6-8-20(9-7-19)16(21)24-18-15-17-14(11-23-15)12-4-3-5-13(10-12)22-2/h3-5,10-11H,6-9H2,1-2H3,(H,17,18). The van der Waals surface area contributed by atoms with E-state index in [2.05, 4.69) is 21.7 Å². The van der Waals surface area contributed by atoms with Crippen LogP contribution in [0.3, 0.4) is 0 Å². The number of ether oxygens (including phenoxy) is 1. The predicted molar refractivity (Wildman–Crippen MR) is 99.8 cm³/mol. The fraction of sp³-hybridized carbons (Fsp3) is 0.375. The number of rotatable bonds is 4. The molecule has 0 spiro atoms. The van der Waals surface area contributed by atoms with Gasteiger partial charge in [0.15, 0.2) is 5.13 Å². The monoisotopic (exact) mass is 364 g/mol. The van der Waals surface area contributed by atoms with E-state index in [0.29, 0.717) is 0 Å². The number of carbonyl (C=O) groups excluding carboxylic acids is 1. The van der Waals surface area contributed by atoms with Gasteiger partial charge in [-0.15, -0.1) is 11.3 Å². The molecule has 0 atom stereocenters. The van der Waals surface area contributed by atoms with E-state index in [4.69, 9.17) is 4.74 Å². The average Bonchev–Trinajstić information content (AvgIpc) is 3.09. The van der Waals surface area contributed by atoms with E-state index in [9.17, 15) is 4.79 Å². The van der Waals surface area contributed by atoms with Crippen molar-refractivity contribution in [3.05, 3.63) is 29.6 Å². The van der Waals surface area contributed by atoms with Crippen molar-refractivity contribution >= 4 is 33.7 Å². The predicted octanol–water partition coefficient (Wildman–Crippen LogP) is 3.25. The van der Waals surface area contributed by atoms with Crippen LogP contribution in [0.2, 0.25) is 0 Å². The highest BCUT2D eigenvalue weighted by molar-refractivity contribution is 8.14. The van der Waals surface area contributed by atoms with E-state index in [1.807, 2.05) is 34.5 Å². The zero-order chi connectivity index (χ0) is 16.9. The minimum Gasteiger partial charge on any atom is -0.497 e. The van der Waals surface area contributed by atoms with Crippen LogP contribution < -0.4 is 9.46 Å². The lowest BCUT2D eigenvalue weighted by atomic mass is 10.2. The molecular formula is C16H20N4O2S2. The Kier molecular flexibility index (Phi) is 5.60. The third-order valence-electron chi connectivity index (χ3n) is 3.86. The van der Waals surface area contributed by atoms with Gasteiger partial charge in [-0.3, -0.25) is 9.52 Å². The van der Waals surface area contributed by atoms with Gasteiger partial charge in [0.25, 0.3) is 0 Å². The van der Waals surface area contributed by atoms with Crippen molar-refractivity contribution in [2.75, 3.05) is 45.1 Å². The molecule has 6 nitrogen and oxygen atoms in total. The van der Waals surface area contributed by atoms with E-state index in [1.165, 1.54) is 11.3 Å². The molecule has 3 rings (SSSR count). The minimum atomic E-state index is 0.0428. The van der Waals surface area contributed by atoms with E-state index in [0.717, 1.165) is 60.3 Å². The zero-order valence-electron chi connectivity index (χ0n) is 13.7. The number of methoxy groups -OCH3 is 1. The Bertz CT molecular complexity index is 699. The van der Waals surface area contributed by atoms with E-state index < -0.39 is 0 Å². The molecule has 1 aliphatic rings. The number of hydrogen-bond donors (Lipinski definition) is 1. The number of carbonyl (C=O) groups is 1. The molecule has 0 bridgehead atoms. The van der Waals surface area contributed by atoms with Crippen LogP contribution in [0.1, 0.15) is 0 Å². The molecule has 0 aliphatic carbocycles. The third-order valence-corrected chi connectivity index (χ3v) is 5.47. The number of nitrogens with zero attached hydrogens (tertiary/aromatic N) is 3. The number of nitrogens with one attached hydrogen (secondary N) is 1. The van der Waals surface area contributed by atoms with Gasteiger partial charge in [-0.2, -0.15) is 0 Å². The van der Waals surface area contributed by atoms with Gasteiger partial charge in [0, 0.05) is 49.1 Å². The number of hydrogen-bond acceptors (Lipinski definition) is 7. The first kappa shape index (κ1) is 17.1. The first-order chi connectivity index (χ1) is 11.7. The lowest BCUT2D eigenvalue weighted by Gasteiger charge is -2.31. The number of likely N-dealkylation sites (N-methyl/N-ethyl adjacent to an activating group) is 1. The van der Waals surface area contributed by atoms with Crippen molar-refractivity contribution in [1.82, 2.24) is 14.8 Å². The molecule has 1 amide bonds. The lowest BCUT2D eigenvalue weighted by Crippen LogP contribution is -2.46. The Labute approximate surface area is 150 Å². The molecular weight excluding hydrogens is 344 g/mol. The second kappa shape index (κ2) is 7.87. The summed E-state index contributed by atoms with van der Waals surface area (Å²) in [4.78, 5) is 20.8. The molecule has 0 unspecified atom stereocenters. The average molecular weight is 364 g/mol. The third kappa shape index (κ3) is 4.19. The van der Waals surface area contributed by atoms with E-state index >= 15 is 0 Å². The lowest BCUT2D eigenvalue weighted by molar-refractivity contribution is 0.172. The quantitative estimate of drug-likeness (QED) is 0.841. The van der Waals surface area contributed by atoms with Crippen LogP contribution in [0.15, 0.2) is 29.6 Å². The Hall–Kier alpha value is -1.77. The highest BCUT2D eigenvalue weighted by atomic mass is 32.2. The smallest absolute Gasteiger partial charge is 0.302 e. The summed E-state index contributed by atoms with van der Waals surface area (Å²) >= 11 is 2.58. The molecule has 1 fully saturated rings. The molecule has 1 saturated heterocycles. The summed E-state index contributed by atoms with van der Waals surface area (Å²) in [6, 6.07) is 7.77. The molecule has 1 N–H and O–H groups in total. The summed E-state index contributed by atoms with van der Waals surface area (Å²) in [6.07, 6.45) is 0. The normalized spacial score (nSPS) is 15.3. The highest BCUT2D eigenvalue weighted by Crippen LogP contribution is 2.28. The molecule has 1 aromatic heterocycles. The molecule has 128 valence electrons. The maximum atomic E-state index is 12.2. The molecule has 8 heteroatoms. The Morgan fingerprint density at radius 2 is 2.12 bits per heavy atom. The minimum absolute atomic E-state index is 0.0428. The summed E-state index contributed by atoms with van der Waals surface area (Å²) in [5.74, 6) is 0.801. The number of thiazole rings is 1. The van der Waals surface area contributed by atoms with Gasteiger partial charge < -0.3 is 14.5 Å². The molecule has 2 heterocycles. The van der Waals surface area contributed by atoms with Crippen molar-refractivity contribution < 1.29 is 9.53 Å². The SMILES string of the molecule is COc1cccc(-c2csc(NSC(=O)N3CCN(C)CC3)n2)c1. The van der Waals surface area contributed by atoms with E-state index in [1.54, 1.807) is 7.11 Å². The van der Waals surface area contributed by atoms with E-state index in [-0.39, 0.29) is 5.24 Å². The summed E-state index contributed by atoms with van der Waals surface area (Å²) in [5, 5.41) is 2.74. The Morgan fingerprint density at radius 1 is 1.33 bits per heavy atom. The maximum Gasteiger partial charge on any atom is 0.302 e. The fourth-order valence-electron chi connectivity index (χ4n) is 2.38. The second-order valence-electron chi connectivity index (χ2n) is 5.53. The highest BCUT2D eigenvalue weighted by Gasteiger charge is 2.19. The number of benzene rings is 1. The fourth-order valence-corrected chi connectivity index (χ4v) is 3.79. The van der Waals surface area contributed by atoms with Crippen LogP contribution in [0.4, 0.5) is 9.93 Å². The van der Waals surface area contributed by atoms with Crippen LogP contribution in [0, 0.1) is 0 Å². The second-order valence-corrected chi connectivity index (χ2v) is 7.15. The van der Waals surface area contributed by atoms with Gasteiger partial charge in [-0.1, -0.05) is 12.1 Å². The number of piperazine rings is 1. The van der Waals surface area contributed by atoms with Gasteiger partial charge >= 0.3 is 5.24 Å². The largest absolute Gasteiger partial charge is 0.497 e. The van der Waals surface area contributed by atoms with Crippen LogP contribution >= 0.6 is 23.3 Å². The topological polar surface area (TPSA) is 57.7 Å².